The van der Waals surface area contributed by atoms with E-state index in [-0.39, 0.29) is 11.9 Å². The highest BCUT2D eigenvalue weighted by molar-refractivity contribution is 7.98. The molecule has 0 saturated carbocycles. The molecule has 27 heavy (non-hydrogen) atoms. The average Bonchev–Trinajstić information content (AvgIpc) is 3.30. The first-order valence-electron chi connectivity index (χ1n) is 8.85. The van der Waals surface area contributed by atoms with Crippen LogP contribution in [-0.4, -0.2) is 45.7 Å². The third kappa shape index (κ3) is 3.57. The fourth-order valence-corrected chi connectivity index (χ4v) is 3.93. The molecule has 1 aromatic carbocycles. The van der Waals surface area contributed by atoms with E-state index in [1.54, 1.807) is 29.2 Å². The van der Waals surface area contributed by atoms with Crippen molar-refractivity contribution in [3.63, 3.8) is 0 Å². The van der Waals surface area contributed by atoms with Crippen molar-refractivity contribution >= 4 is 23.7 Å². The van der Waals surface area contributed by atoms with Crippen LogP contribution in [0, 0.1) is 0 Å². The predicted molar refractivity (Wildman–Crippen MR) is 103 cm³/mol. The third-order valence-electron chi connectivity index (χ3n) is 4.87. The van der Waals surface area contributed by atoms with Gasteiger partial charge in [0.1, 0.15) is 0 Å². The molecule has 1 aromatic heterocycles. The zero-order valence-electron chi connectivity index (χ0n) is 15.0. The number of amides is 3. The Morgan fingerprint density at radius 3 is 2.74 bits per heavy atom. The normalized spacial score (nSPS) is 19.1. The second-order valence-corrected chi connectivity index (χ2v) is 7.46. The van der Waals surface area contributed by atoms with Gasteiger partial charge < -0.3 is 20.1 Å². The highest BCUT2D eigenvalue weighted by Crippen LogP contribution is 2.33. The minimum Gasteiger partial charge on any atom is -0.337 e. The van der Waals surface area contributed by atoms with E-state index < -0.39 is 6.04 Å². The number of hydrogen-bond acceptors (Lipinski definition) is 4. The first-order chi connectivity index (χ1) is 13.2. The molecule has 0 spiro atoms. The number of benzene rings is 1. The summed E-state index contributed by atoms with van der Waals surface area (Å²) in [7, 11) is 0. The second-order valence-electron chi connectivity index (χ2n) is 6.58. The van der Waals surface area contributed by atoms with Crippen LogP contribution in [0.2, 0.25) is 0 Å². The number of thioether (sulfide) groups is 1. The molecule has 3 amide bonds. The Balaban J connectivity index is 1.49. The van der Waals surface area contributed by atoms with Crippen molar-refractivity contribution in [2.75, 3.05) is 19.3 Å². The fourth-order valence-electron chi connectivity index (χ4n) is 3.52. The average molecular weight is 383 g/mol. The molecule has 3 heterocycles. The SMILES string of the molecule is CSc1ccc([C@H]2NC(=O)NC3=C2C(=O)N(CCCn2ccnc2)C3)cc1. The number of aromatic nitrogens is 2. The van der Waals surface area contributed by atoms with Crippen molar-refractivity contribution in [1.82, 2.24) is 25.1 Å². The van der Waals surface area contributed by atoms with Gasteiger partial charge in [-0.2, -0.15) is 0 Å². The van der Waals surface area contributed by atoms with Gasteiger partial charge in [-0.3, -0.25) is 4.79 Å². The van der Waals surface area contributed by atoms with Crippen LogP contribution < -0.4 is 10.6 Å². The molecule has 0 bridgehead atoms. The number of carbonyl (C=O) groups is 2. The molecular weight excluding hydrogens is 362 g/mol. The Hall–Kier alpha value is -2.74. The van der Waals surface area contributed by atoms with Crippen molar-refractivity contribution in [2.45, 2.75) is 23.9 Å². The minimum absolute atomic E-state index is 0.0120. The Morgan fingerprint density at radius 1 is 1.22 bits per heavy atom. The van der Waals surface area contributed by atoms with E-state index in [0.29, 0.717) is 24.4 Å². The van der Waals surface area contributed by atoms with Crippen LogP contribution in [0.1, 0.15) is 18.0 Å². The predicted octanol–water partition coefficient (Wildman–Crippen LogP) is 2.15. The van der Waals surface area contributed by atoms with E-state index in [9.17, 15) is 9.59 Å². The molecule has 140 valence electrons. The molecule has 0 radical (unpaired) electrons. The van der Waals surface area contributed by atoms with Crippen LogP contribution in [0.3, 0.4) is 0 Å². The molecule has 8 heteroatoms. The van der Waals surface area contributed by atoms with Crippen LogP contribution in [0.4, 0.5) is 4.79 Å². The summed E-state index contributed by atoms with van der Waals surface area (Å²) < 4.78 is 1.99. The van der Waals surface area contributed by atoms with Gasteiger partial charge in [-0.15, -0.1) is 11.8 Å². The van der Waals surface area contributed by atoms with Gasteiger partial charge in [0.05, 0.1) is 30.2 Å². The lowest BCUT2D eigenvalue weighted by atomic mass is 9.96. The summed E-state index contributed by atoms with van der Waals surface area (Å²) in [5.41, 5.74) is 2.28. The van der Waals surface area contributed by atoms with Gasteiger partial charge in [0.2, 0.25) is 0 Å². The number of hydrogen-bond donors (Lipinski definition) is 2. The van der Waals surface area contributed by atoms with Gasteiger partial charge in [-0.25, -0.2) is 9.78 Å². The van der Waals surface area contributed by atoms with E-state index in [4.69, 9.17) is 0 Å². The number of nitrogens with zero attached hydrogens (tertiary/aromatic N) is 3. The van der Waals surface area contributed by atoms with Crippen molar-refractivity contribution in [3.05, 3.63) is 59.8 Å². The quantitative estimate of drug-likeness (QED) is 0.749. The van der Waals surface area contributed by atoms with Crippen molar-refractivity contribution in [3.8, 4) is 0 Å². The van der Waals surface area contributed by atoms with Crippen LogP contribution in [0.25, 0.3) is 0 Å². The van der Waals surface area contributed by atoms with Crippen LogP contribution in [0.15, 0.2) is 59.2 Å². The van der Waals surface area contributed by atoms with Gasteiger partial charge in [-0.05, 0) is 30.4 Å². The molecule has 2 aliphatic heterocycles. The smallest absolute Gasteiger partial charge is 0.319 e. The van der Waals surface area contributed by atoms with Gasteiger partial charge in [0, 0.05) is 30.4 Å². The van der Waals surface area contributed by atoms with E-state index in [1.807, 2.05) is 41.3 Å². The molecule has 7 nitrogen and oxygen atoms in total. The highest BCUT2D eigenvalue weighted by Gasteiger charge is 2.40. The van der Waals surface area contributed by atoms with Crippen molar-refractivity contribution in [1.29, 1.82) is 0 Å². The first kappa shape index (κ1) is 17.7. The zero-order chi connectivity index (χ0) is 18.8. The molecule has 4 rings (SSSR count). The minimum atomic E-state index is -0.407. The number of carbonyl (C=O) groups excluding carboxylic acids is 2. The summed E-state index contributed by atoms with van der Waals surface area (Å²) >= 11 is 1.66. The summed E-state index contributed by atoms with van der Waals surface area (Å²) in [4.78, 5) is 32.1. The summed E-state index contributed by atoms with van der Waals surface area (Å²) in [6, 6.07) is 7.30. The maximum absolute atomic E-state index is 13.0. The lowest BCUT2D eigenvalue weighted by Gasteiger charge is -2.25. The van der Waals surface area contributed by atoms with Gasteiger partial charge >= 0.3 is 6.03 Å². The second kappa shape index (κ2) is 7.48. The Labute approximate surface area is 161 Å². The Kier molecular flexibility index (Phi) is 4.89. The van der Waals surface area contributed by atoms with Gasteiger partial charge in [0.15, 0.2) is 0 Å². The number of rotatable bonds is 6. The van der Waals surface area contributed by atoms with Crippen LogP contribution >= 0.6 is 11.8 Å². The van der Waals surface area contributed by atoms with E-state index >= 15 is 0 Å². The molecule has 0 unspecified atom stereocenters. The monoisotopic (exact) mass is 383 g/mol. The first-order valence-corrected chi connectivity index (χ1v) is 10.1. The molecular formula is C19H21N5O2S. The number of imidazole rings is 1. The van der Waals surface area contributed by atoms with Crippen molar-refractivity contribution in [2.24, 2.45) is 0 Å². The standard InChI is InChI=1S/C19H21N5O2S/c1-27-14-5-3-13(4-6-14)17-16-15(21-19(26)22-17)11-24(18(16)25)9-2-8-23-10-7-20-12-23/h3-7,10,12,17H,2,8-9,11H2,1H3,(H2,21,22,26)/t17-/m1/s1. The maximum Gasteiger partial charge on any atom is 0.319 e. The largest absolute Gasteiger partial charge is 0.337 e. The number of nitrogens with one attached hydrogen (secondary N) is 2. The number of urea groups is 1. The molecule has 0 aliphatic carbocycles. The molecule has 0 saturated heterocycles. The molecule has 2 N–H and O–H groups in total. The Bertz CT molecular complexity index is 876. The van der Waals surface area contributed by atoms with Crippen molar-refractivity contribution < 1.29 is 9.59 Å². The van der Waals surface area contributed by atoms with Gasteiger partial charge in [-0.1, -0.05) is 12.1 Å². The molecule has 1 atom stereocenters. The molecule has 0 fully saturated rings. The van der Waals surface area contributed by atoms with Crippen LogP contribution in [-0.2, 0) is 11.3 Å². The number of aryl methyl sites for hydroxylation is 1. The summed E-state index contributed by atoms with van der Waals surface area (Å²) in [6.07, 6.45) is 8.28. The lowest BCUT2D eigenvalue weighted by Crippen LogP contribution is -2.44. The molecule has 2 aromatic rings. The Morgan fingerprint density at radius 2 is 2.04 bits per heavy atom. The topological polar surface area (TPSA) is 79.3 Å². The fraction of sp³-hybridized carbons (Fsp3) is 0.316. The van der Waals surface area contributed by atoms with Gasteiger partial charge in [0.25, 0.3) is 5.91 Å². The summed E-state index contributed by atoms with van der Waals surface area (Å²) in [5, 5.41) is 5.71. The van der Waals surface area contributed by atoms with E-state index in [1.165, 1.54) is 0 Å². The highest BCUT2D eigenvalue weighted by atomic mass is 32.2. The third-order valence-corrected chi connectivity index (χ3v) is 5.62. The lowest BCUT2D eigenvalue weighted by molar-refractivity contribution is -0.125. The summed E-state index contributed by atoms with van der Waals surface area (Å²) in [5.74, 6) is -0.0120. The maximum atomic E-state index is 13.0. The summed E-state index contributed by atoms with van der Waals surface area (Å²) in [6.45, 7) is 1.89. The van der Waals surface area contributed by atoms with E-state index in [0.717, 1.165) is 23.4 Å². The zero-order valence-corrected chi connectivity index (χ0v) is 15.8. The molecule has 2 aliphatic rings. The van der Waals surface area contributed by atoms with Crippen LogP contribution in [0.5, 0.6) is 0 Å². The van der Waals surface area contributed by atoms with E-state index in [2.05, 4.69) is 15.6 Å².